The second-order valence-corrected chi connectivity index (χ2v) is 7.10. The van der Waals surface area contributed by atoms with Crippen molar-refractivity contribution >= 4 is 23.9 Å². The summed E-state index contributed by atoms with van der Waals surface area (Å²) in [5.74, 6) is -1.59. The molecule has 0 unspecified atom stereocenters. The smallest absolute Gasteiger partial charge is 0.333 e. The van der Waals surface area contributed by atoms with Crippen molar-refractivity contribution in [2.45, 2.75) is 37.8 Å². The van der Waals surface area contributed by atoms with Gasteiger partial charge in [0, 0.05) is 11.6 Å². The van der Waals surface area contributed by atoms with E-state index in [1.54, 1.807) is 48.5 Å². The predicted molar refractivity (Wildman–Crippen MR) is 110 cm³/mol. The van der Waals surface area contributed by atoms with Gasteiger partial charge in [0.15, 0.2) is 6.04 Å². The third kappa shape index (κ3) is 5.78. The largest absolute Gasteiger partial charge is 0.461 e. The van der Waals surface area contributed by atoms with Gasteiger partial charge in [-0.1, -0.05) is 42.5 Å². The van der Waals surface area contributed by atoms with Crippen molar-refractivity contribution in [3.05, 3.63) is 77.4 Å². The van der Waals surface area contributed by atoms with Crippen LogP contribution in [0, 0.1) is 0 Å². The molecule has 0 spiro atoms. The second kappa shape index (κ2) is 10.4. The molecule has 1 aliphatic rings. The van der Waals surface area contributed by atoms with Crippen LogP contribution < -0.4 is 10.8 Å². The number of benzene rings is 2. The first kappa shape index (κ1) is 21.3. The van der Waals surface area contributed by atoms with Crippen molar-refractivity contribution in [3.8, 4) is 0 Å². The minimum atomic E-state index is -0.918. The van der Waals surface area contributed by atoms with Crippen molar-refractivity contribution < 1.29 is 24.3 Å². The van der Waals surface area contributed by atoms with Gasteiger partial charge in [-0.2, -0.15) is 0 Å². The Bertz CT molecular complexity index is 920. The molecule has 0 saturated heterocycles. The van der Waals surface area contributed by atoms with Gasteiger partial charge in [0.2, 0.25) is 0 Å². The summed E-state index contributed by atoms with van der Waals surface area (Å²) in [7, 11) is 0. The Morgan fingerprint density at radius 2 is 1.77 bits per heavy atom. The molecule has 0 aliphatic heterocycles. The van der Waals surface area contributed by atoms with Gasteiger partial charge in [-0.25, -0.2) is 10.3 Å². The highest BCUT2D eigenvalue weighted by Crippen LogP contribution is 2.24. The third-order valence-corrected chi connectivity index (χ3v) is 4.92. The first-order chi connectivity index (χ1) is 14.6. The number of nitrogens with one attached hydrogen (secondary N) is 2. The molecule has 0 heterocycles. The molecule has 1 saturated carbocycles. The normalized spacial score (nSPS) is 15.0. The van der Waals surface area contributed by atoms with Crippen LogP contribution in [0.2, 0.25) is 0 Å². The van der Waals surface area contributed by atoms with Gasteiger partial charge in [0.05, 0.1) is 0 Å². The standard InChI is InChI=1S/C23H24N2O5/c26-20(25-29)14-13-16-7-6-10-18(15-16)22(27)24-21(17-8-2-1-3-9-17)23(28)30-19-11-4-5-12-19/h1-3,6-10,13-15,19,21,29H,4-5,11-12H2,(H,24,27)(H,25,26)/t21-/m0/s1. The average molecular weight is 408 g/mol. The minimum absolute atomic E-state index is 0.105. The summed E-state index contributed by atoms with van der Waals surface area (Å²) in [5, 5.41) is 11.3. The maximum absolute atomic E-state index is 12.9. The summed E-state index contributed by atoms with van der Waals surface area (Å²) in [6.07, 6.45) is 6.26. The van der Waals surface area contributed by atoms with Gasteiger partial charge in [0.25, 0.3) is 11.8 Å². The molecule has 1 atom stereocenters. The first-order valence-electron chi connectivity index (χ1n) is 9.85. The van der Waals surface area contributed by atoms with Crippen LogP contribution in [0.1, 0.15) is 53.2 Å². The number of esters is 1. The molecule has 7 heteroatoms. The molecule has 2 amide bonds. The van der Waals surface area contributed by atoms with Crippen molar-refractivity contribution in [2.75, 3.05) is 0 Å². The molecular weight excluding hydrogens is 384 g/mol. The lowest BCUT2D eigenvalue weighted by molar-refractivity contribution is -0.151. The zero-order chi connectivity index (χ0) is 21.3. The van der Waals surface area contributed by atoms with Gasteiger partial charge in [-0.3, -0.25) is 14.8 Å². The molecule has 2 aromatic carbocycles. The monoisotopic (exact) mass is 408 g/mol. The number of ether oxygens (including phenoxy) is 1. The lowest BCUT2D eigenvalue weighted by Gasteiger charge is -2.20. The van der Waals surface area contributed by atoms with Crippen LogP contribution in [0.5, 0.6) is 0 Å². The van der Waals surface area contributed by atoms with E-state index in [2.05, 4.69) is 5.32 Å². The quantitative estimate of drug-likeness (QED) is 0.283. The van der Waals surface area contributed by atoms with E-state index in [4.69, 9.17) is 9.94 Å². The van der Waals surface area contributed by atoms with E-state index >= 15 is 0 Å². The Morgan fingerprint density at radius 3 is 2.47 bits per heavy atom. The molecule has 7 nitrogen and oxygen atoms in total. The third-order valence-electron chi connectivity index (χ3n) is 4.92. The number of amides is 2. The van der Waals surface area contributed by atoms with E-state index in [1.165, 1.54) is 11.6 Å². The number of hydrogen-bond donors (Lipinski definition) is 3. The van der Waals surface area contributed by atoms with Crippen LogP contribution in [-0.4, -0.2) is 29.1 Å². The van der Waals surface area contributed by atoms with Gasteiger partial charge >= 0.3 is 5.97 Å². The maximum Gasteiger partial charge on any atom is 0.333 e. The van der Waals surface area contributed by atoms with E-state index in [9.17, 15) is 14.4 Å². The van der Waals surface area contributed by atoms with Gasteiger partial charge in [0.1, 0.15) is 6.10 Å². The summed E-state index contributed by atoms with van der Waals surface area (Å²) < 4.78 is 5.63. The number of carbonyl (C=O) groups excluding carboxylic acids is 3. The summed E-state index contributed by atoms with van der Waals surface area (Å²) in [4.78, 5) is 36.8. The van der Waals surface area contributed by atoms with Gasteiger partial charge < -0.3 is 10.1 Å². The first-order valence-corrected chi connectivity index (χ1v) is 9.85. The number of hydroxylamine groups is 1. The Hall–Kier alpha value is -3.45. The lowest BCUT2D eigenvalue weighted by Crippen LogP contribution is -2.36. The van der Waals surface area contributed by atoms with Crippen molar-refractivity contribution in [2.24, 2.45) is 0 Å². The van der Waals surface area contributed by atoms with Crippen LogP contribution >= 0.6 is 0 Å². The van der Waals surface area contributed by atoms with Crippen LogP contribution in [0.15, 0.2) is 60.7 Å². The molecule has 0 radical (unpaired) electrons. The zero-order valence-corrected chi connectivity index (χ0v) is 16.4. The lowest BCUT2D eigenvalue weighted by atomic mass is 10.1. The molecule has 1 fully saturated rings. The van der Waals surface area contributed by atoms with Crippen LogP contribution in [0.4, 0.5) is 0 Å². The Labute approximate surface area is 174 Å². The highest BCUT2D eigenvalue weighted by atomic mass is 16.5. The SMILES string of the molecule is O=C(C=Cc1cccc(C(=O)N[C@H](C(=O)OC2CCCC2)c2ccccc2)c1)NO. The van der Waals surface area contributed by atoms with E-state index in [0.717, 1.165) is 31.8 Å². The summed E-state index contributed by atoms with van der Waals surface area (Å²) in [6, 6.07) is 14.6. The zero-order valence-electron chi connectivity index (χ0n) is 16.4. The highest BCUT2D eigenvalue weighted by Gasteiger charge is 2.28. The fraction of sp³-hybridized carbons (Fsp3) is 0.261. The Morgan fingerprint density at radius 1 is 1.03 bits per heavy atom. The average Bonchev–Trinajstić information content (AvgIpc) is 3.29. The predicted octanol–water partition coefficient (Wildman–Crippen LogP) is 3.16. The van der Waals surface area contributed by atoms with E-state index in [1.807, 2.05) is 6.07 Å². The summed E-state index contributed by atoms with van der Waals surface area (Å²) in [6.45, 7) is 0. The molecule has 30 heavy (non-hydrogen) atoms. The molecule has 2 aromatic rings. The molecule has 3 rings (SSSR count). The van der Waals surface area contributed by atoms with E-state index < -0.39 is 23.8 Å². The maximum atomic E-state index is 12.9. The van der Waals surface area contributed by atoms with E-state index in [0.29, 0.717) is 16.7 Å². The van der Waals surface area contributed by atoms with Gasteiger partial charge in [-0.05, 0) is 55.0 Å². The summed E-state index contributed by atoms with van der Waals surface area (Å²) >= 11 is 0. The van der Waals surface area contributed by atoms with E-state index in [-0.39, 0.29) is 6.10 Å². The summed E-state index contributed by atoms with van der Waals surface area (Å²) in [5.41, 5.74) is 3.07. The van der Waals surface area contributed by atoms with Crippen molar-refractivity contribution in [3.63, 3.8) is 0 Å². The fourth-order valence-electron chi connectivity index (χ4n) is 3.37. The Kier molecular flexibility index (Phi) is 7.34. The number of rotatable bonds is 7. The molecular formula is C23H24N2O5. The minimum Gasteiger partial charge on any atom is -0.461 e. The molecule has 0 bridgehead atoms. The Balaban J connectivity index is 1.76. The highest BCUT2D eigenvalue weighted by molar-refractivity contribution is 5.98. The molecule has 156 valence electrons. The van der Waals surface area contributed by atoms with Crippen LogP contribution in [0.3, 0.4) is 0 Å². The fourth-order valence-corrected chi connectivity index (χ4v) is 3.37. The number of hydrogen-bond acceptors (Lipinski definition) is 5. The number of carbonyl (C=O) groups is 3. The molecule has 1 aliphatic carbocycles. The second-order valence-electron chi connectivity index (χ2n) is 7.10. The molecule has 0 aromatic heterocycles. The topological polar surface area (TPSA) is 105 Å². The molecule has 3 N–H and O–H groups in total. The van der Waals surface area contributed by atoms with Gasteiger partial charge in [-0.15, -0.1) is 0 Å². The van der Waals surface area contributed by atoms with Crippen LogP contribution in [-0.2, 0) is 14.3 Å². The van der Waals surface area contributed by atoms with Crippen molar-refractivity contribution in [1.29, 1.82) is 0 Å². The van der Waals surface area contributed by atoms with Crippen molar-refractivity contribution in [1.82, 2.24) is 10.8 Å². The van der Waals surface area contributed by atoms with Crippen LogP contribution in [0.25, 0.3) is 6.08 Å².